The van der Waals surface area contributed by atoms with Gasteiger partial charge in [-0.3, -0.25) is 9.69 Å². The summed E-state index contributed by atoms with van der Waals surface area (Å²) in [5.74, 6) is -0.0424. The summed E-state index contributed by atoms with van der Waals surface area (Å²) in [4.78, 5) is 14.6. The van der Waals surface area contributed by atoms with Gasteiger partial charge in [0.05, 0.1) is 13.7 Å². The summed E-state index contributed by atoms with van der Waals surface area (Å²) >= 11 is 0. The molecule has 1 aliphatic rings. The zero-order valence-electron chi connectivity index (χ0n) is 15.3. The molecule has 0 N–H and O–H groups in total. The van der Waals surface area contributed by atoms with Crippen LogP contribution in [0.5, 0.6) is 5.75 Å². The van der Waals surface area contributed by atoms with E-state index in [1.54, 1.807) is 6.07 Å². The summed E-state index contributed by atoms with van der Waals surface area (Å²) in [6.45, 7) is 4.90. The van der Waals surface area contributed by atoms with Crippen LogP contribution in [0.4, 0.5) is 4.39 Å². The van der Waals surface area contributed by atoms with Crippen molar-refractivity contribution in [2.45, 2.75) is 39.3 Å². The molecule has 2 aromatic rings. The van der Waals surface area contributed by atoms with E-state index in [9.17, 15) is 9.18 Å². The summed E-state index contributed by atoms with van der Waals surface area (Å²) in [6, 6.07) is 7.46. The summed E-state index contributed by atoms with van der Waals surface area (Å²) in [6.07, 6.45) is 2.40. The first kappa shape index (κ1) is 17.7. The van der Waals surface area contributed by atoms with Crippen molar-refractivity contribution >= 4 is 5.78 Å². The number of nitrogens with zero attached hydrogens (tertiary/aromatic N) is 2. The van der Waals surface area contributed by atoms with Gasteiger partial charge < -0.3 is 9.30 Å². The number of aromatic nitrogens is 1. The zero-order chi connectivity index (χ0) is 18.1. The fraction of sp³-hybridized carbons (Fsp3) is 0.450. The average Bonchev–Trinajstić information content (AvgIpc) is 3.32. The smallest absolute Gasteiger partial charge is 0.178 e. The predicted molar refractivity (Wildman–Crippen MR) is 95.8 cm³/mol. The first-order valence-corrected chi connectivity index (χ1v) is 8.63. The molecule has 1 aliphatic carbocycles. The van der Waals surface area contributed by atoms with Crippen molar-refractivity contribution < 1.29 is 13.9 Å². The maximum Gasteiger partial charge on any atom is 0.178 e. The van der Waals surface area contributed by atoms with Gasteiger partial charge in [0.1, 0.15) is 0 Å². The van der Waals surface area contributed by atoms with Gasteiger partial charge in [0, 0.05) is 29.5 Å². The third-order valence-corrected chi connectivity index (χ3v) is 4.78. The van der Waals surface area contributed by atoms with Crippen LogP contribution in [-0.4, -0.2) is 36.0 Å². The molecule has 4 nitrogen and oxygen atoms in total. The number of ketones is 1. The third kappa shape index (κ3) is 3.76. The van der Waals surface area contributed by atoms with Crippen molar-refractivity contribution in [3.05, 3.63) is 52.6 Å². The number of likely N-dealkylation sites (N-methyl/N-ethyl adjacent to an activating group) is 1. The normalized spacial score (nSPS) is 14.2. The number of halogens is 1. The van der Waals surface area contributed by atoms with Crippen LogP contribution in [0.15, 0.2) is 24.3 Å². The van der Waals surface area contributed by atoms with Crippen molar-refractivity contribution in [2.24, 2.45) is 0 Å². The lowest BCUT2D eigenvalue weighted by atomic mass is 10.1. The molecule has 0 saturated heterocycles. The Morgan fingerprint density at radius 2 is 2.04 bits per heavy atom. The molecule has 25 heavy (non-hydrogen) atoms. The second kappa shape index (κ2) is 7.00. The van der Waals surface area contributed by atoms with Gasteiger partial charge in [-0.2, -0.15) is 0 Å². The molecule has 0 radical (unpaired) electrons. The molecule has 1 fully saturated rings. The zero-order valence-corrected chi connectivity index (χ0v) is 15.3. The van der Waals surface area contributed by atoms with Crippen LogP contribution in [0.1, 0.15) is 46.2 Å². The fourth-order valence-corrected chi connectivity index (χ4v) is 3.46. The molecule has 3 rings (SSSR count). The molecule has 0 bridgehead atoms. The first-order chi connectivity index (χ1) is 11.9. The SMILES string of the molecule is COc1ccc(CN(C)CC(=O)c2cc(C)n(C3CC3)c2C)cc1F. The topological polar surface area (TPSA) is 34.5 Å². The number of Topliss-reactive ketones (excluding diaryl/α,β-unsaturated/α-hetero) is 1. The minimum atomic E-state index is -0.382. The van der Waals surface area contributed by atoms with Crippen LogP contribution in [0, 0.1) is 19.7 Å². The standard InChI is InChI=1S/C20H25FN2O2/c1-13-9-17(14(2)23(13)16-6-7-16)19(24)12-22(3)11-15-5-8-20(25-4)18(21)10-15/h5,8-10,16H,6-7,11-12H2,1-4H3. The first-order valence-electron chi connectivity index (χ1n) is 8.63. The molecule has 1 heterocycles. The maximum atomic E-state index is 13.8. The highest BCUT2D eigenvalue weighted by molar-refractivity contribution is 5.99. The van der Waals surface area contributed by atoms with Gasteiger partial charge in [0.2, 0.25) is 0 Å². The van der Waals surface area contributed by atoms with Crippen LogP contribution in [0.2, 0.25) is 0 Å². The lowest BCUT2D eigenvalue weighted by molar-refractivity contribution is 0.0942. The van der Waals surface area contributed by atoms with E-state index in [2.05, 4.69) is 11.5 Å². The predicted octanol–water partition coefficient (Wildman–Crippen LogP) is 3.90. The molecule has 0 amide bonds. The number of aryl methyl sites for hydroxylation is 1. The van der Waals surface area contributed by atoms with Crippen LogP contribution in [0.25, 0.3) is 0 Å². The number of ether oxygens (including phenoxy) is 1. The van der Waals surface area contributed by atoms with Gasteiger partial charge in [-0.05, 0) is 57.5 Å². The van der Waals surface area contributed by atoms with Crippen molar-refractivity contribution in [1.82, 2.24) is 9.47 Å². The van der Waals surface area contributed by atoms with Crippen LogP contribution < -0.4 is 4.74 Å². The molecule has 5 heteroatoms. The van der Waals surface area contributed by atoms with Gasteiger partial charge in [-0.1, -0.05) is 6.07 Å². The van der Waals surface area contributed by atoms with E-state index in [-0.39, 0.29) is 17.3 Å². The van der Waals surface area contributed by atoms with E-state index in [0.717, 1.165) is 22.5 Å². The maximum absolute atomic E-state index is 13.8. The number of hydrogen-bond donors (Lipinski definition) is 0. The molecule has 1 aromatic carbocycles. The van der Waals surface area contributed by atoms with E-state index >= 15 is 0 Å². The second-order valence-corrected chi connectivity index (χ2v) is 6.95. The Morgan fingerprint density at radius 1 is 1.32 bits per heavy atom. The highest BCUT2D eigenvalue weighted by Gasteiger charge is 2.28. The Hall–Kier alpha value is -2.14. The molecule has 0 aliphatic heterocycles. The fourth-order valence-electron chi connectivity index (χ4n) is 3.46. The highest BCUT2D eigenvalue weighted by Crippen LogP contribution is 2.38. The minimum Gasteiger partial charge on any atom is -0.494 e. The summed E-state index contributed by atoms with van der Waals surface area (Å²) in [5.41, 5.74) is 3.84. The van der Waals surface area contributed by atoms with Gasteiger partial charge in [-0.15, -0.1) is 0 Å². The van der Waals surface area contributed by atoms with E-state index in [4.69, 9.17) is 4.74 Å². The monoisotopic (exact) mass is 344 g/mol. The van der Waals surface area contributed by atoms with Crippen LogP contribution in [-0.2, 0) is 6.54 Å². The van der Waals surface area contributed by atoms with E-state index in [0.29, 0.717) is 19.1 Å². The highest BCUT2D eigenvalue weighted by atomic mass is 19.1. The molecule has 0 spiro atoms. The van der Waals surface area contributed by atoms with Crippen LogP contribution in [0.3, 0.4) is 0 Å². The summed E-state index contributed by atoms with van der Waals surface area (Å²) in [5, 5.41) is 0. The molecule has 1 saturated carbocycles. The Morgan fingerprint density at radius 3 is 2.64 bits per heavy atom. The molecule has 0 atom stereocenters. The lowest BCUT2D eigenvalue weighted by Gasteiger charge is -2.16. The average molecular weight is 344 g/mol. The second-order valence-electron chi connectivity index (χ2n) is 6.95. The van der Waals surface area contributed by atoms with Crippen molar-refractivity contribution in [3.8, 4) is 5.75 Å². The molecular formula is C20H25FN2O2. The summed E-state index contributed by atoms with van der Waals surface area (Å²) < 4.78 is 21.0. The largest absolute Gasteiger partial charge is 0.494 e. The van der Waals surface area contributed by atoms with Gasteiger partial charge >= 0.3 is 0 Å². The van der Waals surface area contributed by atoms with E-state index < -0.39 is 0 Å². The minimum absolute atomic E-state index is 0.108. The van der Waals surface area contributed by atoms with Gasteiger partial charge in [0.15, 0.2) is 17.3 Å². The summed E-state index contributed by atoms with van der Waals surface area (Å²) in [7, 11) is 3.32. The van der Waals surface area contributed by atoms with Crippen molar-refractivity contribution in [2.75, 3.05) is 20.7 Å². The quantitative estimate of drug-likeness (QED) is 0.715. The van der Waals surface area contributed by atoms with E-state index in [1.165, 1.54) is 26.0 Å². The molecular weight excluding hydrogens is 319 g/mol. The lowest BCUT2D eigenvalue weighted by Crippen LogP contribution is -2.26. The third-order valence-electron chi connectivity index (χ3n) is 4.78. The number of benzene rings is 1. The molecule has 0 unspecified atom stereocenters. The number of methoxy groups -OCH3 is 1. The van der Waals surface area contributed by atoms with Crippen molar-refractivity contribution in [1.29, 1.82) is 0 Å². The number of carbonyl (C=O) groups is 1. The van der Waals surface area contributed by atoms with Gasteiger partial charge in [-0.25, -0.2) is 4.39 Å². The Labute approximate surface area is 148 Å². The molecule has 1 aromatic heterocycles. The Kier molecular flexibility index (Phi) is 4.95. The Bertz CT molecular complexity index is 793. The molecule has 134 valence electrons. The van der Waals surface area contributed by atoms with E-state index in [1.807, 2.05) is 31.0 Å². The van der Waals surface area contributed by atoms with Gasteiger partial charge in [0.25, 0.3) is 0 Å². The number of rotatable bonds is 7. The van der Waals surface area contributed by atoms with Crippen molar-refractivity contribution in [3.63, 3.8) is 0 Å². The van der Waals surface area contributed by atoms with Crippen LogP contribution >= 0.6 is 0 Å². The number of carbonyl (C=O) groups excluding carboxylic acids is 1. The number of hydrogen-bond acceptors (Lipinski definition) is 3. The Balaban J connectivity index is 1.66.